The van der Waals surface area contributed by atoms with E-state index in [0.29, 0.717) is 30.3 Å². The Balaban J connectivity index is 1.38. The number of urea groups is 1. The number of ether oxygens (including phenoxy) is 2. The van der Waals surface area contributed by atoms with Gasteiger partial charge in [0.1, 0.15) is 5.76 Å². The SMILES string of the molecule is Cn1nc(CN(Cc2ccco2)C(=O)Nc2ccc3c(c2)OCO3)c2c1CCC2. The van der Waals surface area contributed by atoms with Crippen molar-refractivity contribution in [3.63, 3.8) is 0 Å². The fourth-order valence-electron chi connectivity index (χ4n) is 3.97. The van der Waals surface area contributed by atoms with Crippen molar-refractivity contribution in [2.75, 3.05) is 12.1 Å². The molecule has 0 fully saturated rings. The number of nitrogens with zero attached hydrogens (tertiary/aromatic N) is 3. The molecule has 1 aliphatic carbocycles. The molecule has 5 rings (SSSR count). The summed E-state index contributed by atoms with van der Waals surface area (Å²) in [5.74, 6) is 2.03. The molecule has 8 heteroatoms. The number of carbonyl (C=O) groups excluding carboxylic acids is 1. The van der Waals surface area contributed by atoms with Gasteiger partial charge in [0.15, 0.2) is 11.5 Å². The highest BCUT2D eigenvalue weighted by Crippen LogP contribution is 2.34. The lowest BCUT2D eigenvalue weighted by Gasteiger charge is -2.22. The van der Waals surface area contributed by atoms with Gasteiger partial charge in [0, 0.05) is 24.5 Å². The molecule has 2 aromatic heterocycles. The molecule has 1 N–H and O–H groups in total. The smallest absolute Gasteiger partial charge is 0.322 e. The molecule has 3 aromatic rings. The van der Waals surface area contributed by atoms with E-state index in [1.807, 2.05) is 23.9 Å². The summed E-state index contributed by atoms with van der Waals surface area (Å²) >= 11 is 0. The average Bonchev–Trinajstić information content (AvgIpc) is 3.49. The molecule has 3 heterocycles. The number of benzene rings is 1. The van der Waals surface area contributed by atoms with E-state index >= 15 is 0 Å². The minimum Gasteiger partial charge on any atom is -0.467 e. The van der Waals surface area contributed by atoms with Gasteiger partial charge in [-0.2, -0.15) is 5.10 Å². The molecule has 2 aliphatic rings. The fourth-order valence-corrected chi connectivity index (χ4v) is 3.97. The fraction of sp³-hybridized carbons (Fsp3) is 0.333. The van der Waals surface area contributed by atoms with Crippen molar-refractivity contribution in [2.24, 2.45) is 7.05 Å². The van der Waals surface area contributed by atoms with Gasteiger partial charge >= 0.3 is 6.03 Å². The molecule has 150 valence electrons. The molecule has 1 aliphatic heterocycles. The Bertz CT molecular complexity index is 1040. The van der Waals surface area contributed by atoms with Crippen LogP contribution in [0.5, 0.6) is 11.5 Å². The number of anilines is 1. The molecule has 0 radical (unpaired) electrons. The van der Waals surface area contributed by atoms with E-state index in [0.717, 1.165) is 30.7 Å². The van der Waals surface area contributed by atoms with Crippen LogP contribution in [0.4, 0.5) is 10.5 Å². The molecule has 29 heavy (non-hydrogen) atoms. The third-order valence-corrected chi connectivity index (χ3v) is 5.38. The largest absolute Gasteiger partial charge is 0.467 e. The number of aromatic nitrogens is 2. The maximum atomic E-state index is 13.1. The lowest BCUT2D eigenvalue weighted by Crippen LogP contribution is -2.34. The van der Waals surface area contributed by atoms with Crippen LogP contribution in [-0.2, 0) is 33.0 Å². The van der Waals surface area contributed by atoms with E-state index < -0.39 is 0 Å². The van der Waals surface area contributed by atoms with E-state index in [-0.39, 0.29) is 12.8 Å². The van der Waals surface area contributed by atoms with Crippen molar-refractivity contribution >= 4 is 11.7 Å². The molecule has 8 nitrogen and oxygen atoms in total. The van der Waals surface area contributed by atoms with Crippen LogP contribution in [0.3, 0.4) is 0 Å². The Labute approximate surface area is 168 Å². The van der Waals surface area contributed by atoms with E-state index in [2.05, 4.69) is 10.4 Å². The molecule has 0 saturated carbocycles. The monoisotopic (exact) mass is 394 g/mol. The summed E-state index contributed by atoms with van der Waals surface area (Å²) in [6, 6.07) is 8.82. The number of rotatable bonds is 5. The predicted molar refractivity (Wildman–Crippen MR) is 105 cm³/mol. The number of aryl methyl sites for hydroxylation is 1. The second-order valence-electron chi connectivity index (χ2n) is 7.28. The van der Waals surface area contributed by atoms with Crippen molar-refractivity contribution in [1.82, 2.24) is 14.7 Å². The van der Waals surface area contributed by atoms with Gasteiger partial charge in [-0.1, -0.05) is 0 Å². The Morgan fingerprint density at radius 1 is 1.21 bits per heavy atom. The average molecular weight is 394 g/mol. The van der Waals surface area contributed by atoms with E-state index in [1.165, 1.54) is 11.3 Å². The third kappa shape index (κ3) is 3.41. The van der Waals surface area contributed by atoms with Crippen LogP contribution < -0.4 is 14.8 Å². The van der Waals surface area contributed by atoms with Crippen molar-refractivity contribution in [3.8, 4) is 11.5 Å². The number of carbonyl (C=O) groups is 1. The first-order valence-corrected chi connectivity index (χ1v) is 9.69. The third-order valence-electron chi connectivity index (χ3n) is 5.38. The molecular formula is C21H22N4O4. The molecule has 0 saturated heterocycles. The first-order chi connectivity index (χ1) is 14.2. The normalized spacial score (nSPS) is 14.1. The second kappa shape index (κ2) is 7.20. The van der Waals surface area contributed by atoms with Gasteiger partial charge in [-0.3, -0.25) is 4.68 Å². The van der Waals surface area contributed by atoms with Gasteiger partial charge in [0.2, 0.25) is 6.79 Å². The van der Waals surface area contributed by atoms with Crippen LogP contribution in [-0.4, -0.2) is 27.5 Å². The molecule has 0 bridgehead atoms. The minimum absolute atomic E-state index is 0.197. The first kappa shape index (κ1) is 17.7. The molecular weight excluding hydrogens is 372 g/mol. The molecule has 0 unspecified atom stereocenters. The van der Waals surface area contributed by atoms with Gasteiger partial charge in [-0.15, -0.1) is 0 Å². The summed E-state index contributed by atoms with van der Waals surface area (Å²) in [4.78, 5) is 14.8. The van der Waals surface area contributed by atoms with Gasteiger partial charge in [0.05, 0.1) is 25.0 Å². The van der Waals surface area contributed by atoms with Gasteiger partial charge in [-0.05, 0) is 49.1 Å². The number of nitrogens with one attached hydrogen (secondary N) is 1. The summed E-state index contributed by atoms with van der Waals surface area (Å²) in [5.41, 5.74) is 4.14. The van der Waals surface area contributed by atoms with Gasteiger partial charge in [0.25, 0.3) is 0 Å². The minimum atomic E-state index is -0.224. The van der Waals surface area contributed by atoms with Crippen LogP contribution >= 0.6 is 0 Å². The number of furan rings is 1. The standard InChI is InChI=1S/C21H22N4O4/c1-24-18-6-2-5-16(18)17(23-24)12-25(11-15-4-3-9-27-15)21(26)22-14-7-8-19-20(10-14)29-13-28-19/h3-4,7-10H,2,5-6,11-13H2,1H3,(H,22,26). The molecule has 1 aromatic carbocycles. The highest BCUT2D eigenvalue weighted by Gasteiger charge is 2.25. The Morgan fingerprint density at radius 2 is 2.10 bits per heavy atom. The van der Waals surface area contributed by atoms with E-state index in [1.54, 1.807) is 29.4 Å². The topological polar surface area (TPSA) is 81.8 Å². The number of amides is 2. The quantitative estimate of drug-likeness (QED) is 0.717. The zero-order valence-electron chi connectivity index (χ0n) is 16.2. The highest BCUT2D eigenvalue weighted by molar-refractivity contribution is 5.89. The summed E-state index contributed by atoms with van der Waals surface area (Å²) in [5, 5.41) is 7.62. The number of hydrogen-bond donors (Lipinski definition) is 1. The number of hydrogen-bond acceptors (Lipinski definition) is 5. The lowest BCUT2D eigenvalue weighted by molar-refractivity contribution is 0.174. The molecule has 2 amide bonds. The molecule has 0 atom stereocenters. The van der Waals surface area contributed by atoms with Crippen LogP contribution in [0.25, 0.3) is 0 Å². The second-order valence-corrected chi connectivity index (χ2v) is 7.28. The van der Waals surface area contributed by atoms with Crippen LogP contribution in [0.2, 0.25) is 0 Å². The van der Waals surface area contributed by atoms with Crippen molar-refractivity contribution in [3.05, 3.63) is 59.3 Å². The van der Waals surface area contributed by atoms with Crippen molar-refractivity contribution in [1.29, 1.82) is 0 Å². The Hall–Kier alpha value is -3.42. The number of fused-ring (bicyclic) bond motifs is 2. The zero-order valence-corrected chi connectivity index (χ0v) is 16.2. The summed E-state index contributed by atoms with van der Waals surface area (Å²) < 4.78 is 18.2. The van der Waals surface area contributed by atoms with E-state index in [9.17, 15) is 4.79 Å². The van der Waals surface area contributed by atoms with Crippen LogP contribution in [0, 0.1) is 0 Å². The first-order valence-electron chi connectivity index (χ1n) is 9.69. The lowest BCUT2D eigenvalue weighted by atomic mass is 10.2. The van der Waals surface area contributed by atoms with Crippen molar-refractivity contribution in [2.45, 2.75) is 32.4 Å². The zero-order chi connectivity index (χ0) is 19.8. The summed E-state index contributed by atoms with van der Waals surface area (Å²) in [7, 11) is 1.97. The summed E-state index contributed by atoms with van der Waals surface area (Å²) in [6.07, 6.45) is 4.80. The highest BCUT2D eigenvalue weighted by atomic mass is 16.7. The predicted octanol–water partition coefficient (Wildman–Crippen LogP) is 3.46. The van der Waals surface area contributed by atoms with Crippen molar-refractivity contribution < 1.29 is 18.7 Å². The maximum absolute atomic E-state index is 13.1. The Morgan fingerprint density at radius 3 is 2.97 bits per heavy atom. The van der Waals surface area contributed by atoms with E-state index in [4.69, 9.17) is 13.9 Å². The van der Waals surface area contributed by atoms with Gasteiger partial charge in [-0.25, -0.2) is 4.79 Å². The van der Waals surface area contributed by atoms with Gasteiger partial charge < -0.3 is 24.1 Å². The molecule has 0 spiro atoms. The van der Waals surface area contributed by atoms with Crippen LogP contribution in [0.1, 0.15) is 29.1 Å². The maximum Gasteiger partial charge on any atom is 0.322 e. The van der Waals surface area contributed by atoms with Crippen LogP contribution in [0.15, 0.2) is 41.0 Å². The summed E-state index contributed by atoms with van der Waals surface area (Å²) in [6.45, 7) is 0.969. The Kier molecular flexibility index (Phi) is 4.38.